The maximum absolute atomic E-state index is 9.67. The monoisotopic (exact) mass is 314 g/mol. The predicted molar refractivity (Wildman–Crippen MR) is 85.3 cm³/mol. The van der Waals surface area contributed by atoms with E-state index in [1.165, 1.54) is 11.1 Å². The minimum Gasteiger partial charge on any atom is -0.508 e. The number of fused-ring (bicyclic) bond motifs is 2. The molecule has 1 aromatic carbocycles. The lowest BCUT2D eigenvalue weighted by Crippen LogP contribution is -2.28. The van der Waals surface area contributed by atoms with Crippen LogP contribution in [0.25, 0.3) is 0 Å². The molecule has 0 bridgehead atoms. The average Bonchev–Trinajstić information content (AvgIpc) is 2.73. The first-order valence-electron chi connectivity index (χ1n) is 8.31. The summed E-state index contributed by atoms with van der Waals surface area (Å²) in [6.07, 6.45) is 2.82. The van der Waals surface area contributed by atoms with Crippen LogP contribution in [0.15, 0.2) is 18.2 Å². The lowest BCUT2D eigenvalue weighted by atomic mass is 10.0. The zero-order chi connectivity index (χ0) is 15.6. The lowest BCUT2D eigenvalue weighted by molar-refractivity contribution is 0.139. The normalized spacial score (nSPS) is 18.8. The topological polar surface area (TPSA) is 63.4 Å². The summed E-state index contributed by atoms with van der Waals surface area (Å²) in [5, 5.41) is 18.4. The smallest absolute Gasteiger partial charge is 0.147 e. The van der Waals surface area contributed by atoms with Gasteiger partial charge in [0.1, 0.15) is 17.4 Å². The molecule has 0 saturated carbocycles. The molecule has 4 rings (SSSR count). The Morgan fingerprint density at radius 1 is 1.00 bits per heavy atom. The Balaban J connectivity index is 1.48. The van der Waals surface area contributed by atoms with Crippen LogP contribution in [-0.4, -0.2) is 51.1 Å². The molecule has 2 aromatic rings. The van der Waals surface area contributed by atoms with Crippen LogP contribution in [0.4, 0.5) is 0 Å². The van der Waals surface area contributed by atoms with E-state index in [-0.39, 0.29) is 0 Å². The highest BCUT2D eigenvalue weighted by Crippen LogP contribution is 2.21. The zero-order valence-corrected chi connectivity index (χ0v) is 13.2. The summed E-state index contributed by atoms with van der Waals surface area (Å²) >= 11 is 0. The van der Waals surface area contributed by atoms with E-state index in [9.17, 15) is 5.11 Å². The molecular formula is C17H22N4O2. The fourth-order valence-electron chi connectivity index (χ4n) is 3.47. The largest absolute Gasteiger partial charge is 0.508 e. The van der Waals surface area contributed by atoms with Crippen molar-refractivity contribution in [1.82, 2.24) is 19.7 Å². The Hall–Kier alpha value is -1.92. The molecule has 0 spiro atoms. The predicted octanol–water partition coefficient (Wildman–Crippen LogP) is 1.16. The number of aromatic hydroxyl groups is 1. The number of aromatic nitrogens is 3. The number of ether oxygens (including phenoxy) is 1. The molecule has 6 nitrogen and oxygen atoms in total. The molecule has 1 N–H and O–H groups in total. The van der Waals surface area contributed by atoms with Gasteiger partial charge in [-0.2, -0.15) is 0 Å². The molecule has 0 atom stereocenters. The van der Waals surface area contributed by atoms with Crippen molar-refractivity contribution >= 4 is 0 Å². The quantitative estimate of drug-likeness (QED) is 0.901. The SMILES string of the molecule is Oc1ccc2c(c1)CCN(Cc1nnc3n1CCOCC3)CC2. The molecule has 0 radical (unpaired) electrons. The van der Waals surface area contributed by atoms with Gasteiger partial charge in [0, 0.05) is 26.1 Å². The van der Waals surface area contributed by atoms with Crippen molar-refractivity contribution in [2.24, 2.45) is 0 Å². The summed E-state index contributed by atoms with van der Waals surface area (Å²) in [5.41, 5.74) is 2.61. The van der Waals surface area contributed by atoms with Crippen molar-refractivity contribution in [3.63, 3.8) is 0 Å². The van der Waals surface area contributed by atoms with E-state index >= 15 is 0 Å². The van der Waals surface area contributed by atoms with Crippen molar-refractivity contribution in [3.8, 4) is 5.75 Å². The van der Waals surface area contributed by atoms with Gasteiger partial charge < -0.3 is 14.4 Å². The van der Waals surface area contributed by atoms with Gasteiger partial charge in [0.25, 0.3) is 0 Å². The molecule has 0 aliphatic carbocycles. The second-order valence-corrected chi connectivity index (χ2v) is 6.28. The van der Waals surface area contributed by atoms with Crippen LogP contribution in [0.1, 0.15) is 22.8 Å². The van der Waals surface area contributed by atoms with E-state index in [0.717, 1.165) is 70.3 Å². The molecule has 0 saturated heterocycles. The maximum Gasteiger partial charge on any atom is 0.147 e. The third-order valence-corrected chi connectivity index (χ3v) is 4.78. The van der Waals surface area contributed by atoms with Gasteiger partial charge in [-0.25, -0.2) is 0 Å². The molecular weight excluding hydrogens is 292 g/mol. The molecule has 6 heteroatoms. The number of phenolic OH excluding ortho intramolecular Hbond substituents is 1. The van der Waals surface area contributed by atoms with Crippen LogP contribution in [0.3, 0.4) is 0 Å². The van der Waals surface area contributed by atoms with Crippen LogP contribution in [0, 0.1) is 0 Å². The fraction of sp³-hybridized carbons (Fsp3) is 0.529. The molecule has 3 heterocycles. The lowest BCUT2D eigenvalue weighted by Gasteiger charge is -2.19. The molecule has 0 unspecified atom stereocenters. The first-order valence-corrected chi connectivity index (χ1v) is 8.31. The van der Waals surface area contributed by atoms with Gasteiger partial charge in [0.2, 0.25) is 0 Å². The highest BCUT2D eigenvalue weighted by atomic mass is 16.5. The van der Waals surface area contributed by atoms with E-state index in [2.05, 4.69) is 25.7 Å². The molecule has 2 aliphatic rings. The summed E-state index contributed by atoms with van der Waals surface area (Å²) in [5.74, 6) is 2.44. The second kappa shape index (κ2) is 6.29. The standard InChI is InChI=1S/C17H22N4O2/c22-15-2-1-13-3-6-20(7-4-14(13)11-15)12-17-19-18-16-5-9-23-10-8-21(16)17/h1-2,11,22H,3-10,12H2. The van der Waals surface area contributed by atoms with E-state index in [1.807, 2.05) is 6.07 Å². The van der Waals surface area contributed by atoms with Crippen molar-refractivity contribution in [2.45, 2.75) is 32.4 Å². The van der Waals surface area contributed by atoms with Crippen LogP contribution < -0.4 is 0 Å². The molecule has 2 aliphatic heterocycles. The molecule has 0 fully saturated rings. The van der Waals surface area contributed by atoms with Gasteiger partial charge in [-0.3, -0.25) is 4.90 Å². The van der Waals surface area contributed by atoms with Gasteiger partial charge >= 0.3 is 0 Å². The van der Waals surface area contributed by atoms with Crippen molar-refractivity contribution in [1.29, 1.82) is 0 Å². The van der Waals surface area contributed by atoms with E-state index in [0.29, 0.717) is 5.75 Å². The summed E-state index contributed by atoms with van der Waals surface area (Å²) in [6.45, 7) is 5.14. The Labute approximate surface area is 135 Å². The number of benzene rings is 1. The Kier molecular flexibility index (Phi) is 4.01. The van der Waals surface area contributed by atoms with Gasteiger partial charge in [-0.1, -0.05) is 6.07 Å². The van der Waals surface area contributed by atoms with Crippen LogP contribution >= 0.6 is 0 Å². The number of nitrogens with zero attached hydrogens (tertiary/aromatic N) is 4. The number of hydrogen-bond donors (Lipinski definition) is 1. The van der Waals surface area contributed by atoms with Crippen molar-refractivity contribution < 1.29 is 9.84 Å². The van der Waals surface area contributed by atoms with Gasteiger partial charge in [-0.05, 0) is 36.1 Å². The molecule has 122 valence electrons. The number of rotatable bonds is 2. The van der Waals surface area contributed by atoms with Crippen LogP contribution in [-0.2, 0) is 37.1 Å². The van der Waals surface area contributed by atoms with Crippen LogP contribution in [0.2, 0.25) is 0 Å². The maximum atomic E-state index is 9.67. The van der Waals surface area contributed by atoms with E-state index in [4.69, 9.17) is 4.74 Å². The fourth-order valence-corrected chi connectivity index (χ4v) is 3.47. The van der Waals surface area contributed by atoms with Gasteiger partial charge in [-0.15, -0.1) is 10.2 Å². The van der Waals surface area contributed by atoms with E-state index < -0.39 is 0 Å². The zero-order valence-electron chi connectivity index (χ0n) is 13.2. The van der Waals surface area contributed by atoms with Crippen molar-refractivity contribution in [3.05, 3.63) is 41.0 Å². The highest BCUT2D eigenvalue weighted by Gasteiger charge is 2.19. The molecule has 1 aromatic heterocycles. The summed E-state index contributed by atoms with van der Waals surface area (Å²) in [6, 6.07) is 5.74. The summed E-state index contributed by atoms with van der Waals surface area (Å²) < 4.78 is 7.75. The van der Waals surface area contributed by atoms with E-state index in [1.54, 1.807) is 6.07 Å². The molecule has 0 amide bonds. The molecule has 23 heavy (non-hydrogen) atoms. The Morgan fingerprint density at radius 2 is 1.87 bits per heavy atom. The second-order valence-electron chi connectivity index (χ2n) is 6.28. The first-order chi connectivity index (χ1) is 11.3. The van der Waals surface area contributed by atoms with Gasteiger partial charge in [0.05, 0.1) is 19.8 Å². The third-order valence-electron chi connectivity index (χ3n) is 4.78. The highest BCUT2D eigenvalue weighted by molar-refractivity contribution is 5.36. The summed E-state index contributed by atoms with van der Waals surface area (Å²) in [4.78, 5) is 2.43. The van der Waals surface area contributed by atoms with Crippen molar-refractivity contribution in [2.75, 3.05) is 26.3 Å². The Bertz CT molecular complexity index is 698. The first kappa shape index (κ1) is 14.7. The summed E-state index contributed by atoms with van der Waals surface area (Å²) in [7, 11) is 0. The third kappa shape index (κ3) is 3.09. The minimum atomic E-state index is 0.361. The van der Waals surface area contributed by atoms with Gasteiger partial charge in [0.15, 0.2) is 0 Å². The Morgan fingerprint density at radius 3 is 2.78 bits per heavy atom. The van der Waals surface area contributed by atoms with Crippen LogP contribution in [0.5, 0.6) is 5.75 Å². The minimum absolute atomic E-state index is 0.361. The number of phenols is 1. The average molecular weight is 314 g/mol. The number of hydrogen-bond acceptors (Lipinski definition) is 5.